The van der Waals surface area contributed by atoms with Crippen molar-refractivity contribution in [3.8, 4) is 5.75 Å². The third-order valence-corrected chi connectivity index (χ3v) is 3.05. The van der Waals surface area contributed by atoms with Crippen LogP contribution >= 0.6 is 0 Å². The van der Waals surface area contributed by atoms with Crippen molar-refractivity contribution in [1.82, 2.24) is 4.98 Å². The summed E-state index contributed by atoms with van der Waals surface area (Å²) in [5.74, 6) is 0.265. The molecule has 0 amide bonds. The van der Waals surface area contributed by atoms with E-state index in [1.54, 1.807) is 18.3 Å². The van der Waals surface area contributed by atoms with E-state index in [2.05, 4.69) is 28.5 Å². The zero-order valence-corrected chi connectivity index (χ0v) is 10.4. The van der Waals surface area contributed by atoms with Crippen LogP contribution in [-0.4, -0.2) is 10.1 Å². The number of aromatic nitrogens is 1. The molecule has 0 aliphatic rings. The van der Waals surface area contributed by atoms with Crippen LogP contribution in [0.1, 0.15) is 5.56 Å². The lowest BCUT2D eigenvalue weighted by Crippen LogP contribution is -2.00. The molecule has 0 fully saturated rings. The molecule has 19 heavy (non-hydrogen) atoms. The van der Waals surface area contributed by atoms with Gasteiger partial charge in [-0.05, 0) is 23.8 Å². The standard InChI is InChI=1S/C16H14N2O/c19-15-8-2-7-14(10-15)18-11-13-5-1-4-12-6-3-9-17-16(12)13/h1-10,18-19H,11H2. The number of nitrogens with one attached hydrogen (secondary N) is 1. The molecule has 2 aromatic carbocycles. The predicted octanol–water partition coefficient (Wildman–Crippen LogP) is 3.55. The van der Waals surface area contributed by atoms with Gasteiger partial charge in [0.1, 0.15) is 5.75 Å². The second-order valence-corrected chi connectivity index (χ2v) is 4.40. The van der Waals surface area contributed by atoms with Gasteiger partial charge in [-0.3, -0.25) is 4.98 Å². The molecule has 1 aromatic heterocycles. The number of phenols is 1. The quantitative estimate of drug-likeness (QED) is 0.747. The molecule has 0 spiro atoms. The van der Waals surface area contributed by atoms with Crippen LogP contribution in [-0.2, 0) is 6.54 Å². The first kappa shape index (κ1) is 11.5. The molecule has 0 unspecified atom stereocenters. The highest BCUT2D eigenvalue weighted by Crippen LogP contribution is 2.19. The number of hydrogen-bond acceptors (Lipinski definition) is 3. The number of pyridine rings is 1. The van der Waals surface area contributed by atoms with E-state index in [1.807, 2.05) is 24.3 Å². The number of nitrogens with zero attached hydrogens (tertiary/aromatic N) is 1. The van der Waals surface area contributed by atoms with Crippen molar-refractivity contribution >= 4 is 16.6 Å². The predicted molar refractivity (Wildman–Crippen MR) is 77.2 cm³/mol. The molecule has 2 N–H and O–H groups in total. The Bertz CT molecular complexity index is 704. The lowest BCUT2D eigenvalue weighted by Gasteiger charge is -2.09. The molecule has 3 rings (SSSR count). The van der Waals surface area contributed by atoms with Crippen molar-refractivity contribution < 1.29 is 5.11 Å². The summed E-state index contributed by atoms with van der Waals surface area (Å²) in [7, 11) is 0. The second-order valence-electron chi connectivity index (χ2n) is 4.40. The fourth-order valence-corrected chi connectivity index (χ4v) is 2.12. The van der Waals surface area contributed by atoms with Gasteiger partial charge in [0, 0.05) is 29.9 Å². The van der Waals surface area contributed by atoms with Gasteiger partial charge in [-0.2, -0.15) is 0 Å². The normalized spacial score (nSPS) is 10.5. The summed E-state index contributed by atoms with van der Waals surface area (Å²) < 4.78 is 0. The van der Waals surface area contributed by atoms with Crippen molar-refractivity contribution in [3.05, 3.63) is 66.4 Å². The van der Waals surface area contributed by atoms with Crippen LogP contribution in [0.2, 0.25) is 0 Å². The Morgan fingerprint density at radius 1 is 1.00 bits per heavy atom. The van der Waals surface area contributed by atoms with E-state index in [1.165, 1.54) is 0 Å². The van der Waals surface area contributed by atoms with Crippen molar-refractivity contribution in [3.63, 3.8) is 0 Å². The first-order chi connectivity index (χ1) is 9.33. The van der Waals surface area contributed by atoms with E-state index < -0.39 is 0 Å². The fourth-order valence-electron chi connectivity index (χ4n) is 2.12. The van der Waals surface area contributed by atoms with E-state index in [-0.39, 0.29) is 5.75 Å². The number of aromatic hydroxyl groups is 1. The maximum absolute atomic E-state index is 9.43. The van der Waals surface area contributed by atoms with Gasteiger partial charge in [-0.15, -0.1) is 0 Å². The van der Waals surface area contributed by atoms with E-state index >= 15 is 0 Å². The summed E-state index contributed by atoms with van der Waals surface area (Å²) in [5, 5.41) is 13.9. The maximum Gasteiger partial charge on any atom is 0.117 e. The van der Waals surface area contributed by atoms with E-state index in [0.717, 1.165) is 22.2 Å². The summed E-state index contributed by atoms with van der Waals surface area (Å²) in [6.07, 6.45) is 1.81. The highest BCUT2D eigenvalue weighted by Gasteiger charge is 2.01. The molecule has 3 heteroatoms. The Labute approximate surface area is 111 Å². The number of para-hydroxylation sites is 1. The Morgan fingerprint density at radius 2 is 1.84 bits per heavy atom. The van der Waals surface area contributed by atoms with Gasteiger partial charge in [0.25, 0.3) is 0 Å². The molecular formula is C16H14N2O. The van der Waals surface area contributed by atoms with Gasteiger partial charge in [0.05, 0.1) is 5.52 Å². The molecule has 0 radical (unpaired) electrons. The first-order valence-corrected chi connectivity index (χ1v) is 6.18. The number of phenolic OH excluding ortho intramolecular Hbond substituents is 1. The van der Waals surface area contributed by atoms with Crippen molar-refractivity contribution in [2.24, 2.45) is 0 Å². The van der Waals surface area contributed by atoms with Crippen LogP contribution in [0.4, 0.5) is 5.69 Å². The summed E-state index contributed by atoms with van der Waals surface area (Å²) in [5.41, 5.74) is 3.05. The number of benzene rings is 2. The molecule has 0 aliphatic carbocycles. The van der Waals surface area contributed by atoms with Crippen molar-refractivity contribution in [1.29, 1.82) is 0 Å². The number of anilines is 1. The minimum atomic E-state index is 0.265. The van der Waals surface area contributed by atoms with Gasteiger partial charge in [-0.1, -0.05) is 30.3 Å². The minimum Gasteiger partial charge on any atom is -0.508 e. The van der Waals surface area contributed by atoms with E-state index in [4.69, 9.17) is 0 Å². The molecule has 0 bridgehead atoms. The van der Waals surface area contributed by atoms with Gasteiger partial charge in [0.15, 0.2) is 0 Å². The Hall–Kier alpha value is -2.55. The van der Waals surface area contributed by atoms with Crippen LogP contribution < -0.4 is 5.32 Å². The topological polar surface area (TPSA) is 45.1 Å². The van der Waals surface area contributed by atoms with Gasteiger partial charge >= 0.3 is 0 Å². The van der Waals surface area contributed by atoms with Crippen LogP contribution in [0.15, 0.2) is 60.8 Å². The molecule has 3 aromatic rings. The van der Waals surface area contributed by atoms with E-state index in [9.17, 15) is 5.11 Å². The van der Waals surface area contributed by atoms with Gasteiger partial charge in [0.2, 0.25) is 0 Å². The zero-order chi connectivity index (χ0) is 13.1. The van der Waals surface area contributed by atoms with Crippen LogP contribution in [0.3, 0.4) is 0 Å². The Kier molecular flexibility index (Phi) is 3.02. The summed E-state index contributed by atoms with van der Waals surface area (Å²) in [6.45, 7) is 0.678. The van der Waals surface area contributed by atoms with Crippen LogP contribution in [0.25, 0.3) is 10.9 Å². The van der Waals surface area contributed by atoms with Crippen molar-refractivity contribution in [2.75, 3.05) is 5.32 Å². The largest absolute Gasteiger partial charge is 0.508 e. The molecule has 0 atom stereocenters. The fraction of sp³-hybridized carbons (Fsp3) is 0.0625. The molecule has 0 aliphatic heterocycles. The van der Waals surface area contributed by atoms with Crippen LogP contribution in [0, 0.1) is 0 Å². The second kappa shape index (κ2) is 4.98. The monoisotopic (exact) mass is 250 g/mol. The average molecular weight is 250 g/mol. The number of rotatable bonds is 3. The molecule has 1 heterocycles. The van der Waals surface area contributed by atoms with Crippen LogP contribution in [0.5, 0.6) is 5.75 Å². The highest BCUT2D eigenvalue weighted by molar-refractivity contribution is 5.81. The van der Waals surface area contributed by atoms with E-state index in [0.29, 0.717) is 6.54 Å². The minimum absolute atomic E-state index is 0.265. The Morgan fingerprint density at radius 3 is 2.74 bits per heavy atom. The Balaban J connectivity index is 1.86. The third-order valence-electron chi connectivity index (χ3n) is 3.05. The number of hydrogen-bond donors (Lipinski definition) is 2. The maximum atomic E-state index is 9.43. The molecule has 0 saturated carbocycles. The summed E-state index contributed by atoms with van der Waals surface area (Å²) >= 11 is 0. The molecule has 3 nitrogen and oxygen atoms in total. The lowest BCUT2D eigenvalue weighted by atomic mass is 10.1. The molecule has 94 valence electrons. The summed E-state index contributed by atoms with van der Waals surface area (Å²) in [6, 6.07) is 17.3. The van der Waals surface area contributed by atoms with Crippen molar-refractivity contribution in [2.45, 2.75) is 6.54 Å². The summed E-state index contributed by atoms with van der Waals surface area (Å²) in [4.78, 5) is 4.42. The average Bonchev–Trinajstić information content (AvgIpc) is 2.45. The first-order valence-electron chi connectivity index (χ1n) is 6.18. The third kappa shape index (κ3) is 2.50. The number of fused-ring (bicyclic) bond motifs is 1. The van der Waals surface area contributed by atoms with Gasteiger partial charge < -0.3 is 10.4 Å². The lowest BCUT2D eigenvalue weighted by molar-refractivity contribution is 0.475. The SMILES string of the molecule is Oc1cccc(NCc2cccc3cccnc23)c1. The smallest absolute Gasteiger partial charge is 0.117 e. The van der Waals surface area contributed by atoms with Gasteiger partial charge in [-0.25, -0.2) is 0 Å². The highest BCUT2D eigenvalue weighted by atomic mass is 16.3. The molecule has 0 saturated heterocycles. The zero-order valence-electron chi connectivity index (χ0n) is 10.4. The molecular weight excluding hydrogens is 236 g/mol.